The molecule has 5 aromatic rings. The van der Waals surface area contributed by atoms with Crippen molar-refractivity contribution in [3.05, 3.63) is 79.0 Å². The number of amides is 1. The highest BCUT2D eigenvalue weighted by atomic mass is 16.5. The first-order valence-corrected chi connectivity index (χ1v) is 15.3. The molecule has 1 aromatic carbocycles. The summed E-state index contributed by atoms with van der Waals surface area (Å²) in [4.78, 5) is 37.9. The molecule has 1 atom stereocenters. The van der Waals surface area contributed by atoms with E-state index in [9.17, 15) is 4.79 Å². The normalized spacial score (nSPS) is 18.0. The number of aromatic nitrogens is 5. The van der Waals surface area contributed by atoms with Crippen LogP contribution in [0.5, 0.6) is 17.2 Å². The Morgan fingerprint density at radius 2 is 2.02 bits per heavy atom. The van der Waals surface area contributed by atoms with Crippen LogP contribution in [0.4, 0.5) is 17.3 Å². The average Bonchev–Trinajstić information content (AvgIpc) is 3.45. The van der Waals surface area contributed by atoms with Gasteiger partial charge < -0.3 is 29.0 Å². The number of rotatable bonds is 7. The zero-order valence-electron chi connectivity index (χ0n) is 25.0. The minimum atomic E-state index is -0.0637. The summed E-state index contributed by atoms with van der Waals surface area (Å²) in [6.07, 6.45) is 12.0. The van der Waals surface area contributed by atoms with Crippen molar-refractivity contribution < 1.29 is 14.3 Å². The molecule has 4 aromatic heterocycles. The molecule has 0 saturated carbocycles. The fourth-order valence-electron chi connectivity index (χ4n) is 6.07. The first kappa shape index (κ1) is 27.3. The van der Waals surface area contributed by atoms with E-state index in [0.717, 1.165) is 53.8 Å². The third-order valence-electron chi connectivity index (χ3n) is 8.66. The standard InChI is InChI=1S/C33H33N9O3/c1-22-16-23(5-6-27(22)45-25-7-12-40-13-8-34-29(40)17-25)37-32-31-26(35-21-36-32)18-28-33(38-31)41-14-15-42(24(19-41)20-44-28)30(43)4-2-9-39-10-3-11-39/h2,4-8,12-13,16-18,21,24H,3,9-11,14-15,19-20H2,1H3,(H,35,36,37)/b4-2+. The quantitative estimate of drug-likeness (QED) is 0.272. The number of hydrogen-bond donors (Lipinski definition) is 1. The maximum atomic E-state index is 13.0. The summed E-state index contributed by atoms with van der Waals surface area (Å²) in [5.41, 5.74) is 3.97. The van der Waals surface area contributed by atoms with Gasteiger partial charge in [0.05, 0.1) is 11.6 Å². The molecule has 1 amide bonds. The van der Waals surface area contributed by atoms with Crippen LogP contribution in [0.25, 0.3) is 16.7 Å². The largest absolute Gasteiger partial charge is 0.487 e. The van der Waals surface area contributed by atoms with Crippen LogP contribution in [0.3, 0.4) is 0 Å². The van der Waals surface area contributed by atoms with E-state index < -0.39 is 0 Å². The minimum Gasteiger partial charge on any atom is -0.487 e. The fraction of sp³-hybridized carbons (Fsp3) is 0.303. The molecular formula is C33H33N9O3. The van der Waals surface area contributed by atoms with Gasteiger partial charge in [-0.2, -0.15) is 0 Å². The number of fused-ring (bicyclic) bond motifs is 6. The van der Waals surface area contributed by atoms with Gasteiger partial charge >= 0.3 is 0 Å². The molecule has 12 heteroatoms. The summed E-state index contributed by atoms with van der Waals surface area (Å²) >= 11 is 0. The number of anilines is 3. The number of ether oxygens (including phenoxy) is 2. The van der Waals surface area contributed by atoms with Crippen molar-refractivity contribution in [2.24, 2.45) is 0 Å². The molecule has 3 aliphatic rings. The molecule has 1 N–H and O–H groups in total. The van der Waals surface area contributed by atoms with E-state index in [1.54, 1.807) is 12.3 Å². The zero-order valence-corrected chi connectivity index (χ0v) is 25.0. The molecular weight excluding hydrogens is 570 g/mol. The van der Waals surface area contributed by atoms with Gasteiger partial charge in [0.25, 0.3) is 0 Å². The molecule has 228 valence electrons. The van der Waals surface area contributed by atoms with E-state index in [0.29, 0.717) is 48.8 Å². The third-order valence-corrected chi connectivity index (χ3v) is 8.66. The highest BCUT2D eigenvalue weighted by molar-refractivity contribution is 5.90. The molecule has 0 aliphatic carbocycles. The molecule has 2 saturated heterocycles. The predicted octanol–water partition coefficient (Wildman–Crippen LogP) is 4.19. The fourth-order valence-corrected chi connectivity index (χ4v) is 6.07. The second-order valence-electron chi connectivity index (χ2n) is 11.7. The van der Waals surface area contributed by atoms with Crippen molar-refractivity contribution in [2.75, 3.05) is 56.1 Å². The molecule has 7 heterocycles. The van der Waals surface area contributed by atoms with Gasteiger partial charge in [0.1, 0.15) is 35.6 Å². The lowest BCUT2D eigenvalue weighted by molar-refractivity contribution is -0.129. The van der Waals surface area contributed by atoms with Crippen molar-refractivity contribution in [1.82, 2.24) is 34.1 Å². The van der Waals surface area contributed by atoms with E-state index in [1.807, 2.05) is 71.1 Å². The van der Waals surface area contributed by atoms with Gasteiger partial charge in [-0.1, -0.05) is 6.08 Å². The van der Waals surface area contributed by atoms with Crippen LogP contribution in [0.1, 0.15) is 12.0 Å². The van der Waals surface area contributed by atoms with Crippen molar-refractivity contribution in [2.45, 2.75) is 19.4 Å². The molecule has 45 heavy (non-hydrogen) atoms. The third kappa shape index (κ3) is 5.37. The van der Waals surface area contributed by atoms with Crippen LogP contribution in [-0.2, 0) is 4.79 Å². The van der Waals surface area contributed by atoms with Gasteiger partial charge in [-0.05, 0) is 56.3 Å². The van der Waals surface area contributed by atoms with E-state index in [-0.39, 0.29) is 11.9 Å². The number of carbonyl (C=O) groups is 1. The summed E-state index contributed by atoms with van der Waals surface area (Å²) < 4.78 is 14.3. The number of nitrogens with zero attached hydrogens (tertiary/aromatic N) is 8. The summed E-state index contributed by atoms with van der Waals surface area (Å²) in [7, 11) is 0. The van der Waals surface area contributed by atoms with Gasteiger partial charge in [-0.3, -0.25) is 9.69 Å². The molecule has 8 rings (SSSR count). The Bertz CT molecular complexity index is 1940. The molecule has 3 aliphatic heterocycles. The average molecular weight is 604 g/mol. The number of benzene rings is 1. The van der Waals surface area contributed by atoms with Gasteiger partial charge in [-0.25, -0.2) is 19.9 Å². The summed E-state index contributed by atoms with van der Waals surface area (Å²) in [6.45, 7) is 7.39. The number of carbonyl (C=O) groups excluding carboxylic acids is 1. The van der Waals surface area contributed by atoms with Crippen LogP contribution in [0.15, 0.2) is 73.5 Å². The van der Waals surface area contributed by atoms with Crippen LogP contribution in [-0.4, -0.2) is 92.0 Å². The van der Waals surface area contributed by atoms with Crippen LogP contribution < -0.4 is 19.7 Å². The SMILES string of the molecule is Cc1cc(Nc2ncnc3cc4c(nc23)N2CCN(C(=O)/C=C/CN3CCC3)C(CO4)C2)ccc1Oc1ccn2ccnc2c1. The van der Waals surface area contributed by atoms with Crippen LogP contribution >= 0.6 is 0 Å². The Balaban J connectivity index is 0.997. The van der Waals surface area contributed by atoms with Crippen molar-refractivity contribution in [1.29, 1.82) is 0 Å². The number of imidazole rings is 1. The smallest absolute Gasteiger partial charge is 0.246 e. The second kappa shape index (κ2) is 11.4. The van der Waals surface area contributed by atoms with Gasteiger partial charge in [0.15, 0.2) is 17.4 Å². The highest BCUT2D eigenvalue weighted by Gasteiger charge is 2.35. The molecule has 12 nitrogen and oxygen atoms in total. The zero-order chi connectivity index (χ0) is 30.3. The first-order chi connectivity index (χ1) is 22.1. The van der Waals surface area contributed by atoms with Crippen LogP contribution in [0.2, 0.25) is 0 Å². The van der Waals surface area contributed by atoms with Crippen LogP contribution in [0, 0.1) is 6.92 Å². The van der Waals surface area contributed by atoms with E-state index in [4.69, 9.17) is 14.5 Å². The second-order valence-corrected chi connectivity index (χ2v) is 11.7. The Hall–Kier alpha value is -5.23. The monoisotopic (exact) mass is 603 g/mol. The maximum Gasteiger partial charge on any atom is 0.246 e. The minimum absolute atomic E-state index is 0.0380. The highest BCUT2D eigenvalue weighted by Crippen LogP contribution is 2.36. The Morgan fingerprint density at radius 3 is 2.89 bits per heavy atom. The molecule has 0 radical (unpaired) electrons. The number of hydrogen-bond acceptors (Lipinski definition) is 10. The summed E-state index contributed by atoms with van der Waals surface area (Å²) in [6, 6.07) is 11.6. The van der Waals surface area contributed by atoms with E-state index in [2.05, 4.69) is 30.1 Å². The maximum absolute atomic E-state index is 13.0. The molecule has 0 spiro atoms. The lowest BCUT2D eigenvalue weighted by Gasteiger charge is -2.39. The Kier molecular flexibility index (Phi) is 6.90. The van der Waals surface area contributed by atoms with Crippen molar-refractivity contribution >= 4 is 39.9 Å². The number of pyridine rings is 2. The molecule has 2 bridgehead atoms. The first-order valence-electron chi connectivity index (χ1n) is 15.3. The van der Waals surface area contributed by atoms with E-state index in [1.165, 1.54) is 12.7 Å². The van der Waals surface area contributed by atoms with Crippen molar-refractivity contribution in [3.8, 4) is 17.2 Å². The molecule has 2 fully saturated rings. The topological polar surface area (TPSA) is 113 Å². The van der Waals surface area contributed by atoms with Gasteiger partial charge in [-0.15, -0.1) is 0 Å². The summed E-state index contributed by atoms with van der Waals surface area (Å²) in [5, 5.41) is 3.43. The lowest BCUT2D eigenvalue weighted by atomic mass is 10.1. The number of nitrogens with one attached hydrogen (secondary N) is 1. The predicted molar refractivity (Wildman–Crippen MR) is 170 cm³/mol. The Labute approximate surface area is 259 Å². The number of likely N-dealkylation sites (tertiary alicyclic amines) is 1. The Morgan fingerprint density at radius 1 is 1.09 bits per heavy atom. The lowest BCUT2D eigenvalue weighted by Crippen LogP contribution is -2.56. The summed E-state index contributed by atoms with van der Waals surface area (Å²) in [5.74, 6) is 3.53. The van der Waals surface area contributed by atoms with Crippen molar-refractivity contribution in [3.63, 3.8) is 0 Å². The molecule has 1 unspecified atom stereocenters. The number of piperazine rings is 1. The number of aryl methyl sites for hydroxylation is 1. The van der Waals surface area contributed by atoms with E-state index >= 15 is 0 Å². The van der Waals surface area contributed by atoms with Gasteiger partial charge in [0, 0.05) is 68.7 Å². The van der Waals surface area contributed by atoms with Gasteiger partial charge in [0.2, 0.25) is 5.91 Å².